The third-order valence-corrected chi connectivity index (χ3v) is 0.883. The number of carbonyl (C=O) groups is 1. The number of rotatable bonds is 2. The van der Waals surface area contributed by atoms with Gasteiger partial charge in [-0.25, -0.2) is 0 Å². The number of nitrogens with one attached hydrogen (secondary N) is 1. The molecule has 0 aliphatic carbocycles. The molecular weight excluding hydrogens is 344 g/mol. The quantitative estimate of drug-likeness (QED) is 0.762. The number of carbonyl (C=O) groups excluding carboxylic acids is 1. The summed E-state index contributed by atoms with van der Waals surface area (Å²) in [7, 11) is 0. The van der Waals surface area contributed by atoms with Crippen LogP contribution in [0.5, 0.6) is 0 Å². The summed E-state index contributed by atoms with van der Waals surface area (Å²) < 4.78 is 4.43. The van der Waals surface area contributed by atoms with E-state index in [0.29, 0.717) is 0 Å². The van der Waals surface area contributed by atoms with Crippen molar-refractivity contribution in [3.05, 3.63) is 5.73 Å². The van der Waals surface area contributed by atoms with E-state index < -0.39 is 6.09 Å². The van der Waals surface area contributed by atoms with E-state index in [1.165, 1.54) is 0 Å². The normalized spacial score (nSPS) is 11.3. The largest absolute Gasteiger partial charge is 2.00 e. The Morgan fingerprint density at radius 1 is 1.78 bits per heavy atom. The molecule has 1 unspecified atom stereocenters. The van der Waals surface area contributed by atoms with Crippen molar-refractivity contribution >= 4 is 6.09 Å². The zero-order valence-electron chi connectivity index (χ0n) is 5.60. The molecule has 0 saturated carbocycles. The third kappa shape index (κ3) is 8.32. The second-order valence-corrected chi connectivity index (χ2v) is 1.62. The Balaban J connectivity index is 0. The van der Waals surface area contributed by atoms with Gasteiger partial charge in [-0.15, -0.1) is 0 Å². The first-order chi connectivity index (χ1) is 3.66. The predicted octanol–water partition coefficient (Wildman–Crippen LogP) is 1.97. The van der Waals surface area contributed by atoms with E-state index in [0.717, 1.165) is 6.42 Å². The van der Waals surface area contributed by atoms with Gasteiger partial charge in [-0.05, 0) is 13.3 Å². The van der Waals surface area contributed by atoms with Crippen LogP contribution < -0.4 is 0 Å². The van der Waals surface area contributed by atoms with Crippen molar-refractivity contribution < 1.29 is 40.6 Å². The number of ether oxygens (including phenoxy) is 1. The summed E-state index contributed by atoms with van der Waals surface area (Å²) >= 11 is 0. The Morgan fingerprint density at radius 3 is 2.33 bits per heavy atom. The van der Waals surface area contributed by atoms with Crippen LogP contribution in [0, 0.1) is 31.1 Å². The minimum Gasteiger partial charge on any atom is -0.632 e. The summed E-state index contributed by atoms with van der Waals surface area (Å²) in [4.78, 5) is 9.86. The Hall–Kier alpha value is 0.322. The van der Waals surface area contributed by atoms with Crippen molar-refractivity contribution in [3.8, 4) is 0 Å². The van der Waals surface area contributed by atoms with Gasteiger partial charge in [0.25, 0.3) is 0 Å². The summed E-state index contributed by atoms with van der Waals surface area (Å²) in [6, 6.07) is 0. The van der Waals surface area contributed by atoms with Crippen LogP contribution in [0.2, 0.25) is 0 Å². The first-order valence-corrected chi connectivity index (χ1v) is 2.59. The van der Waals surface area contributed by atoms with Crippen molar-refractivity contribution in [2.45, 2.75) is 26.4 Å². The summed E-state index contributed by atoms with van der Waals surface area (Å²) in [5, 5.41) is 0. The predicted molar refractivity (Wildman–Crippen MR) is 30.6 cm³/mol. The van der Waals surface area contributed by atoms with Crippen LogP contribution in [0.1, 0.15) is 20.3 Å². The Kier molecular flexibility index (Phi) is 8.62. The van der Waals surface area contributed by atoms with Crippen molar-refractivity contribution in [1.29, 1.82) is 0 Å². The van der Waals surface area contributed by atoms with Crippen LogP contribution in [0.15, 0.2) is 0 Å². The molecule has 0 fully saturated rings. The molecule has 1 atom stereocenters. The molecule has 50 valence electrons. The Labute approximate surface area is 78.7 Å². The van der Waals surface area contributed by atoms with E-state index in [1.54, 1.807) is 6.92 Å². The van der Waals surface area contributed by atoms with E-state index in [-0.39, 0.29) is 37.2 Å². The molecule has 0 rings (SSSR count). The van der Waals surface area contributed by atoms with Crippen molar-refractivity contribution in [2.24, 2.45) is 0 Å². The molecule has 1 amide bonds. The van der Waals surface area contributed by atoms with E-state index in [2.05, 4.69) is 4.74 Å². The van der Waals surface area contributed by atoms with Crippen LogP contribution in [0.25, 0.3) is 5.73 Å². The zero-order chi connectivity index (χ0) is 6.57. The minimum atomic E-state index is -0.945. The maximum Gasteiger partial charge on any atom is 2.00 e. The van der Waals surface area contributed by atoms with Crippen molar-refractivity contribution in [1.82, 2.24) is 0 Å². The molecule has 3 nitrogen and oxygen atoms in total. The summed E-state index contributed by atoms with van der Waals surface area (Å²) in [6.45, 7) is 3.65. The van der Waals surface area contributed by atoms with Crippen molar-refractivity contribution in [3.63, 3.8) is 0 Å². The van der Waals surface area contributed by atoms with Gasteiger partial charge in [0.2, 0.25) is 6.09 Å². The molecule has 0 spiro atoms. The average Bonchev–Trinajstić information content (AvgIpc) is 1.65. The second kappa shape index (κ2) is 6.44. The second-order valence-electron chi connectivity index (χ2n) is 1.62. The Bertz CT molecular complexity index is 87.0. The summed E-state index contributed by atoms with van der Waals surface area (Å²) in [5.74, 6) is 0. The molecule has 0 heterocycles. The van der Waals surface area contributed by atoms with Gasteiger partial charge in [0.1, 0.15) is 0 Å². The van der Waals surface area contributed by atoms with E-state index >= 15 is 0 Å². The molecule has 0 aromatic carbocycles. The van der Waals surface area contributed by atoms with E-state index in [4.69, 9.17) is 5.73 Å². The summed E-state index contributed by atoms with van der Waals surface area (Å²) in [6.07, 6.45) is -0.288. The molecule has 1 N–H and O–H groups in total. The molecule has 0 saturated heterocycles. The minimum absolute atomic E-state index is 0. The van der Waals surface area contributed by atoms with Crippen LogP contribution in [0.4, 0.5) is 4.79 Å². The molecule has 0 aromatic heterocycles. The zero-order valence-corrected chi connectivity index (χ0v) is 9.76. The van der Waals surface area contributed by atoms with Gasteiger partial charge in [-0.2, -0.15) is 0 Å². The standard InChI is InChI=1S/C5H11NO2.U/c1-3-4(2)8-5(6)7;/h4H,3H2,1-2H3,(H2,6,7);/q;+2/p-1. The first-order valence-electron chi connectivity index (χ1n) is 2.59. The SMILES string of the molecule is CCC(C)OC([NH-])=O.[U+2]. The van der Waals surface area contributed by atoms with Gasteiger partial charge in [-0.1, -0.05) is 6.92 Å². The van der Waals surface area contributed by atoms with Gasteiger partial charge in [0.15, 0.2) is 0 Å². The van der Waals surface area contributed by atoms with Gasteiger partial charge < -0.3 is 10.5 Å². The topological polar surface area (TPSA) is 50.1 Å². The van der Waals surface area contributed by atoms with Crippen LogP contribution in [-0.4, -0.2) is 12.2 Å². The number of hydrogen-bond acceptors (Lipinski definition) is 2. The van der Waals surface area contributed by atoms with Crippen LogP contribution >= 0.6 is 0 Å². The molecule has 0 aromatic rings. The number of hydrogen-bond donors (Lipinski definition) is 0. The molecule has 0 aliphatic rings. The van der Waals surface area contributed by atoms with Gasteiger partial charge >= 0.3 is 31.1 Å². The van der Waals surface area contributed by atoms with Crippen molar-refractivity contribution in [2.75, 3.05) is 0 Å². The van der Waals surface area contributed by atoms with Gasteiger partial charge in [0, 0.05) is 0 Å². The first kappa shape index (κ1) is 12.0. The summed E-state index contributed by atoms with van der Waals surface area (Å²) in [5.41, 5.74) is 6.35. The maximum atomic E-state index is 9.86. The van der Waals surface area contributed by atoms with Gasteiger partial charge in [0.05, 0.1) is 6.10 Å². The Morgan fingerprint density at radius 2 is 2.22 bits per heavy atom. The fourth-order valence-corrected chi connectivity index (χ4v) is 0.266. The molecule has 0 bridgehead atoms. The molecule has 4 heteroatoms. The number of amides is 1. The molecule has 0 radical (unpaired) electrons. The monoisotopic (exact) mass is 354 g/mol. The van der Waals surface area contributed by atoms with Crippen LogP contribution in [-0.2, 0) is 4.74 Å². The molecular formula is C5H10NO2U+. The van der Waals surface area contributed by atoms with Crippen LogP contribution in [0.3, 0.4) is 0 Å². The fourth-order valence-electron chi connectivity index (χ4n) is 0.266. The average molecular weight is 354 g/mol. The third-order valence-electron chi connectivity index (χ3n) is 0.883. The van der Waals surface area contributed by atoms with E-state index in [1.807, 2.05) is 6.92 Å². The smallest absolute Gasteiger partial charge is 0.632 e. The van der Waals surface area contributed by atoms with Gasteiger partial charge in [-0.3, -0.25) is 4.79 Å². The molecule has 9 heavy (non-hydrogen) atoms. The fraction of sp³-hybridized carbons (Fsp3) is 0.800. The maximum absolute atomic E-state index is 9.86. The molecule has 0 aliphatic heterocycles. The van der Waals surface area contributed by atoms with E-state index in [9.17, 15) is 4.79 Å².